The molecule has 13 heteroatoms. The molecule has 202 valence electrons. The first kappa shape index (κ1) is 15.6. The predicted molar refractivity (Wildman–Crippen MR) is 138 cm³/mol. The van der Waals surface area contributed by atoms with E-state index in [2.05, 4.69) is 20.0 Å². The molecule has 11 nitrogen and oxygen atoms in total. The number of carbonyl (C=O) groups is 2. The zero-order valence-corrected chi connectivity index (χ0v) is 20.3. The summed E-state index contributed by atoms with van der Waals surface area (Å²) in [7, 11) is 1.09. The molecule has 2 amide bonds. The van der Waals surface area contributed by atoms with Gasteiger partial charge in [-0.25, -0.2) is 24.1 Å². The number of aliphatic carboxylic acids is 1. The fourth-order valence-corrected chi connectivity index (χ4v) is 3.28. The number of hydrogen-bond donors (Lipinski definition) is 2. The van der Waals surface area contributed by atoms with Gasteiger partial charge in [0.25, 0.3) is 0 Å². The zero-order chi connectivity index (χ0) is 38.0. The van der Waals surface area contributed by atoms with E-state index in [1.165, 1.54) is 0 Å². The number of morpholine rings is 1. The minimum atomic E-state index is -4.04. The van der Waals surface area contributed by atoms with Crippen LogP contribution in [0, 0.1) is 5.82 Å². The third-order valence-corrected chi connectivity index (χ3v) is 5.21. The number of halogens is 2. The van der Waals surface area contributed by atoms with Crippen LogP contribution >= 0.6 is 11.6 Å². The van der Waals surface area contributed by atoms with Crippen LogP contribution in [0.25, 0.3) is 10.9 Å². The number of amides is 2. The Balaban J connectivity index is 1.91. The van der Waals surface area contributed by atoms with Gasteiger partial charge in [-0.1, -0.05) is 11.6 Å². The molecule has 2 N–H and O–H groups in total. The van der Waals surface area contributed by atoms with Gasteiger partial charge in [-0.3, -0.25) is 9.69 Å². The number of methoxy groups -OCH3 is 1. The summed E-state index contributed by atoms with van der Waals surface area (Å²) in [6.07, 6.45) is 0.978. The fraction of sp³-hybridized carbons (Fsp3) is 0.360. The number of ether oxygens (including phenoxy) is 3. The Labute approximate surface area is 239 Å². The van der Waals surface area contributed by atoms with Crippen molar-refractivity contribution < 1.29 is 49.7 Å². The van der Waals surface area contributed by atoms with Crippen molar-refractivity contribution in [2.75, 3.05) is 51.2 Å². The van der Waals surface area contributed by atoms with Gasteiger partial charge in [-0.05, 0) is 31.2 Å². The lowest BCUT2D eigenvalue weighted by molar-refractivity contribution is -0.138. The molecule has 0 radical (unpaired) electrons. The van der Waals surface area contributed by atoms with E-state index in [4.69, 9.17) is 37.5 Å². The number of carboxylic acid groups (broad SMARTS) is 1. The number of nitrogens with zero attached hydrogens (tertiary/aromatic N) is 4. The lowest BCUT2D eigenvalue weighted by Gasteiger charge is -2.26. The van der Waals surface area contributed by atoms with Crippen LogP contribution in [0.1, 0.15) is 23.4 Å². The second kappa shape index (κ2) is 12.2. The fourth-order valence-electron chi connectivity index (χ4n) is 3.11. The number of aromatic nitrogens is 2. The number of hydrogen-bond acceptors (Lipinski definition) is 8. The van der Waals surface area contributed by atoms with Crippen molar-refractivity contribution in [3.8, 4) is 11.5 Å². The molecule has 2 heterocycles. The van der Waals surface area contributed by atoms with Crippen molar-refractivity contribution >= 4 is 46.0 Å². The smallest absolute Gasteiger partial charge is 0.328 e. The van der Waals surface area contributed by atoms with Crippen LogP contribution in [-0.4, -0.2) is 84.3 Å². The molecule has 3 aromatic rings. The van der Waals surface area contributed by atoms with E-state index in [-0.39, 0.29) is 28.2 Å². The number of rotatable bonds is 9. The third-order valence-electron chi connectivity index (χ3n) is 4.92. The van der Waals surface area contributed by atoms with Crippen molar-refractivity contribution in [3.05, 3.63) is 47.5 Å². The number of fused-ring (bicyclic) bond motifs is 1. The molecule has 1 atom stereocenters. The van der Waals surface area contributed by atoms with Crippen LogP contribution < -0.4 is 19.7 Å². The van der Waals surface area contributed by atoms with E-state index in [9.17, 15) is 19.1 Å². The maximum atomic E-state index is 14.1. The van der Waals surface area contributed by atoms with E-state index in [0.717, 1.165) is 55.6 Å². The third kappa shape index (κ3) is 6.21. The van der Waals surface area contributed by atoms with Crippen molar-refractivity contribution in [2.24, 2.45) is 0 Å². The first-order valence-electron chi connectivity index (χ1n) is 16.5. The average Bonchev–Trinajstić information content (AvgIpc) is 2.97. The monoisotopic (exact) mass is 559 g/mol. The number of carboxylic acids is 1. The van der Waals surface area contributed by atoms with E-state index in [1.54, 1.807) is 0 Å². The van der Waals surface area contributed by atoms with Crippen molar-refractivity contribution in [1.82, 2.24) is 20.2 Å². The molecule has 1 aliphatic heterocycles. The molecule has 1 aromatic heterocycles. The van der Waals surface area contributed by atoms with E-state index in [1.807, 2.05) is 0 Å². The molecular formula is C25H27ClFN5O6. The summed E-state index contributed by atoms with van der Waals surface area (Å²) in [4.78, 5) is 33.3. The summed E-state index contributed by atoms with van der Waals surface area (Å²) in [5, 5.41) is 11.0. The minimum absolute atomic E-state index is 0.0256. The van der Waals surface area contributed by atoms with Crippen LogP contribution in [-0.2, 0) is 9.53 Å². The minimum Gasteiger partial charge on any atom is -0.493 e. The Hall–Kier alpha value is -3.74. The van der Waals surface area contributed by atoms with Crippen LogP contribution in [0.2, 0.25) is 5.02 Å². The maximum absolute atomic E-state index is 14.1. The molecule has 4 rings (SSSR count). The number of nitrogens with one attached hydrogen (secondary N) is 1. The van der Waals surface area contributed by atoms with E-state index >= 15 is 0 Å². The molecule has 1 aliphatic rings. The van der Waals surface area contributed by atoms with Crippen molar-refractivity contribution in [2.45, 2.75) is 13.0 Å². The Morgan fingerprint density at radius 1 is 1.32 bits per heavy atom. The largest absolute Gasteiger partial charge is 0.493 e. The van der Waals surface area contributed by atoms with Gasteiger partial charge in [-0.2, -0.15) is 0 Å². The summed E-state index contributed by atoms with van der Waals surface area (Å²) < 4.78 is 127. The lowest BCUT2D eigenvalue weighted by atomic mass is 10.2. The predicted octanol–water partition coefficient (Wildman–Crippen LogP) is 3.46. The van der Waals surface area contributed by atoms with Crippen molar-refractivity contribution in [1.29, 1.82) is 0 Å². The SMILES string of the molecule is [2H]C([2H])(Oc1cc2c(N(C(=O)NC(C)C(=O)O)c3ccc(F)c(Cl)c3)ncnc2cc1OC)C([2H])([2H])N1C([2H])([2H])C([2H])([2H])OC([2H])([2H])C1([2H])[2H]. The van der Waals surface area contributed by atoms with Crippen LogP contribution in [0.3, 0.4) is 0 Å². The molecule has 0 spiro atoms. The van der Waals surface area contributed by atoms with Gasteiger partial charge in [-0.15, -0.1) is 0 Å². The Kier molecular flexibility index (Phi) is 5.02. The lowest BCUT2D eigenvalue weighted by Crippen LogP contribution is -2.45. The molecule has 0 saturated carbocycles. The zero-order valence-electron chi connectivity index (χ0n) is 31.6. The van der Waals surface area contributed by atoms with Crippen LogP contribution in [0.4, 0.5) is 20.7 Å². The van der Waals surface area contributed by atoms with Gasteiger partial charge in [0.05, 0.1) is 44.7 Å². The van der Waals surface area contributed by atoms with Crippen LogP contribution in [0.5, 0.6) is 11.5 Å². The van der Waals surface area contributed by atoms with Gasteiger partial charge in [0.15, 0.2) is 17.3 Å². The standard InChI is InChI=1S/C25H27ClFN5O6/c1-15(24(33)34)30-25(35)32(16-3-4-19(27)18(26)11-16)23-17-12-22(21(36-2)13-20(17)28-14-29-23)38-10-7-31-5-8-37-9-6-31/h3-4,11-15H,5-10H2,1-2H3,(H,30,35)(H,33,34)/i5D2,6D2,7D2,8D2,9D2,10D2. The second-order valence-electron chi connectivity index (χ2n) is 7.34. The van der Waals surface area contributed by atoms with Gasteiger partial charge in [0.2, 0.25) is 0 Å². The molecule has 0 bridgehead atoms. The highest BCUT2D eigenvalue weighted by Gasteiger charge is 2.26. The highest BCUT2D eigenvalue weighted by molar-refractivity contribution is 6.31. The van der Waals surface area contributed by atoms with Gasteiger partial charge >= 0.3 is 12.0 Å². The van der Waals surface area contributed by atoms with Gasteiger partial charge in [0, 0.05) is 39.2 Å². The summed E-state index contributed by atoms with van der Waals surface area (Å²) in [6, 6.07) is 2.53. The summed E-state index contributed by atoms with van der Waals surface area (Å²) in [5.41, 5.74) is -0.168. The second-order valence-corrected chi connectivity index (χ2v) is 7.75. The highest BCUT2D eigenvalue weighted by atomic mass is 35.5. The van der Waals surface area contributed by atoms with Gasteiger partial charge < -0.3 is 24.6 Å². The van der Waals surface area contributed by atoms with Gasteiger partial charge in [0.1, 0.15) is 24.7 Å². The Morgan fingerprint density at radius 2 is 2.08 bits per heavy atom. The first-order chi connectivity index (χ1) is 22.7. The topological polar surface area (TPSA) is 126 Å². The number of benzene rings is 2. The molecule has 0 aliphatic carbocycles. The Morgan fingerprint density at radius 3 is 2.76 bits per heavy atom. The molecule has 1 unspecified atom stereocenters. The number of urea groups is 1. The molecule has 38 heavy (non-hydrogen) atoms. The molecular weight excluding hydrogens is 521 g/mol. The quantitative estimate of drug-likeness (QED) is 0.405. The number of carbonyl (C=O) groups excluding carboxylic acids is 1. The van der Waals surface area contributed by atoms with E-state index < -0.39 is 78.7 Å². The van der Waals surface area contributed by atoms with E-state index in [0.29, 0.717) is 0 Å². The Bertz CT molecular complexity index is 1820. The highest BCUT2D eigenvalue weighted by Crippen LogP contribution is 2.37. The summed E-state index contributed by atoms with van der Waals surface area (Å²) >= 11 is 5.96. The summed E-state index contributed by atoms with van der Waals surface area (Å²) in [5.74, 6) is -3.68. The first-order valence-corrected chi connectivity index (χ1v) is 10.9. The van der Waals surface area contributed by atoms with Crippen LogP contribution in [0.15, 0.2) is 36.7 Å². The van der Waals surface area contributed by atoms with Crippen molar-refractivity contribution in [3.63, 3.8) is 0 Å². The molecule has 2 aromatic carbocycles. The molecule has 1 fully saturated rings. The number of anilines is 2. The average molecular weight is 560 g/mol. The molecule has 1 saturated heterocycles. The maximum Gasteiger partial charge on any atom is 0.328 e. The summed E-state index contributed by atoms with van der Waals surface area (Å²) in [6.45, 7) is -21.9. The normalized spacial score (nSPS) is 25.4.